The minimum atomic E-state index is -2.27. The number of rotatable bonds is 12. The first kappa shape index (κ1) is 40.3. The van der Waals surface area contributed by atoms with Crippen molar-refractivity contribution in [3.63, 3.8) is 0 Å². The SMILES string of the molecule is C1CCN(P(=Nc2nc(N=P(N3CCCC3)(N3CCCC3)N3CCCC3)nc(NP(N3CCCC3)(N3CCCC3)=[N+]3CCCC3)n2)(N2CCCC2)N2CCCC2)C1. The normalized spacial score (nSPS) is 27.7. The average Bonchev–Trinajstić information content (AvgIpc) is 4.12. The molecule has 57 heavy (non-hydrogen) atoms. The second-order valence-corrected chi connectivity index (χ2v) is 27.2. The Balaban J connectivity index is 1.20. The van der Waals surface area contributed by atoms with Crippen LogP contribution in [0.5, 0.6) is 0 Å². The lowest BCUT2D eigenvalue weighted by Crippen LogP contribution is -2.38. The molecule has 0 atom stereocenters. The van der Waals surface area contributed by atoms with Crippen molar-refractivity contribution < 1.29 is 4.33 Å². The summed E-state index contributed by atoms with van der Waals surface area (Å²) in [5, 5.41) is 4.34. The third-order valence-corrected chi connectivity index (χ3v) is 26.4. The molecule has 0 aromatic carbocycles. The number of nitrogens with one attached hydrogen (secondary N) is 1. The summed E-state index contributed by atoms with van der Waals surface area (Å²) in [6.45, 7) is 20.4. The van der Waals surface area contributed by atoms with Gasteiger partial charge in [0.15, 0.2) is 15.0 Å². The van der Waals surface area contributed by atoms with Crippen molar-refractivity contribution in [2.45, 2.75) is 116 Å². The van der Waals surface area contributed by atoms with Gasteiger partial charge in [-0.25, -0.2) is 41.7 Å². The lowest BCUT2D eigenvalue weighted by molar-refractivity contribution is -0.492. The first-order chi connectivity index (χ1) is 28.2. The molecule has 1 N–H and O–H groups in total. The molecule has 318 valence electrons. The second-order valence-electron chi connectivity index (χ2n) is 18.2. The lowest BCUT2D eigenvalue weighted by Gasteiger charge is -2.45. The average molecular weight is 845 g/mol. The Morgan fingerprint density at radius 3 is 0.895 bits per heavy atom. The minimum Gasteiger partial charge on any atom is -0.262 e. The first-order valence-corrected chi connectivity index (χ1v) is 28.5. The van der Waals surface area contributed by atoms with Gasteiger partial charge in [0, 0.05) is 118 Å². The fourth-order valence-electron chi connectivity index (χ4n) is 11.8. The van der Waals surface area contributed by atoms with Crippen LogP contribution in [-0.4, -0.2) is 174 Å². The Kier molecular flexibility index (Phi) is 12.6. The third kappa shape index (κ3) is 7.61. The van der Waals surface area contributed by atoms with E-state index in [1.54, 1.807) is 0 Å². The highest BCUT2D eigenvalue weighted by Gasteiger charge is 2.49. The molecule has 9 aliphatic heterocycles. The fraction of sp³-hybridized carbons (Fsp3) is 0.923. The van der Waals surface area contributed by atoms with Gasteiger partial charge in [-0.1, -0.05) is 0 Å². The van der Waals surface area contributed by atoms with Crippen molar-refractivity contribution in [1.29, 1.82) is 0 Å². The Hall–Kier alpha value is -0.820. The number of hydrogen-bond donors (Lipinski definition) is 1. The molecule has 0 amide bonds. The molecule has 1 aromatic rings. The number of anilines is 1. The van der Waals surface area contributed by atoms with Crippen LogP contribution in [0.3, 0.4) is 0 Å². The molecule has 1 aromatic heterocycles. The van der Waals surface area contributed by atoms with E-state index in [2.05, 4.69) is 46.8 Å². The van der Waals surface area contributed by atoms with Crippen molar-refractivity contribution in [3.8, 4) is 0 Å². The highest BCUT2D eigenvalue weighted by atomic mass is 31.2. The zero-order valence-corrected chi connectivity index (χ0v) is 37.7. The molecule has 18 heteroatoms. The maximum absolute atomic E-state index is 6.07. The molecule has 10 heterocycles. The van der Waals surface area contributed by atoms with Crippen LogP contribution in [0.15, 0.2) is 9.49 Å². The predicted molar refractivity (Wildman–Crippen MR) is 234 cm³/mol. The van der Waals surface area contributed by atoms with E-state index in [0.717, 1.165) is 124 Å². The van der Waals surface area contributed by atoms with E-state index >= 15 is 0 Å². The van der Waals surface area contributed by atoms with Gasteiger partial charge >= 0.3 is 7.51 Å². The molecule has 0 aliphatic carbocycles. The lowest BCUT2D eigenvalue weighted by atomic mass is 10.4. The Morgan fingerprint density at radius 1 is 0.351 bits per heavy atom. The van der Waals surface area contributed by atoms with Crippen LogP contribution in [0.25, 0.3) is 0 Å². The van der Waals surface area contributed by atoms with Crippen molar-refractivity contribution >= 4 is 40.4 Å². The van der Waals surface area contributed by atoms with Gasteiger partial charge in [-0.3, -0.25) is 5.09 Å². The summed E-state index contributed by atoms with van der Waals surface area (Å²) in [6.07, 6.45) is 22.7. The van der Waals surface area contributed by atoms with Crippen molar-refractivity contribution in [1.82, 2.24) is 52.3 Å². The molecule has 15 nitrogen and oxygen atoms in total. The molecule has 10 rings (SSSR count). The van der Waals surface area contributed by atoms with Crippen LogP contribution in [0, 0.1) is 0 Å². The Labute approximate surface area is 343 Å². The van der Waals surface area contributed by atoms with Crippen LogP contribution >= 0.6 is 22.5 Å². The summed E-state index contributed by atoms with van der Waals surface area (Å²) in [6, 6.07) is 0. The third-order valence-electron chi connectivity index (χ3n) is 14.5. The quantitative estimate of drug-likeness (QED) is 0.207. The van der Waals surface area contributed by atoms with Crippen molar-refractivity contribution in [2.75, 3.05) is 123 Å². The van der Waals surface area contributed by atoms with Gasteiger partial charge in [-0.2, -0.15) is 24.4 Å². The van der Waals surface area contributed by atoms with E-state index in [1.807, 2.05) is 0 Å². The summed E-state index contributed by atoms with van der Waals surface area (Å²) >= 11 is 0. The Bertz CT molecular complexity index is 1500. The zero-order valence-electron chi connectivity index (χ0n) is 35.1. The molecule has 0 radical (unpaired) electrons. The van der Waals surface area contributed by atoms with E-state index in [4.69, 9.17) is 24.4 Å². The summed E-state index contributed by atoms with van der Waals surface area (Å²) in [4.78, 5) is 16.6. The van der Waals surface area contributed by atoms with Gasteiger partial charge < -0.3 is 0 Å². The van der Waals surface area contributed by atoms with Crippen LogP contribution in [0.4, 0.5) is 17.8 Å². The molecule has 9 saturated heterocycles. The maximum atomic E-state index is 6.07. The van der Waals surface area contributed by atoms with E-state index in [-0.39, 0.29) is 0 Å². The fourth-order valence-corrected chi connectivity index (χ4v) is 24.7. The molecule has 9 fully saturated rings. The topological polar surface area (TPSA) is 104 Å². The van der Waals surface area contributed by atoms with Gasteiger partial charge in [-0.15, -0.1) is 0 Å². The van der Waals surface area contributed by atoms with Gasteiger partial charge in [0.25, 0.3) is 11.9 Å². The summed E-state index contributed by atoms with van der Waals surface area (Å²) < 4.78 is 37.6. The number of aromatic nitrogens is 3. The van der Waals surface area contributed by atoms with E-state index in [1.165, 1.54) is 116 Å². The van der Waals surface area contributed by atoms with E-state index in [9.17, 15) is 0 Å². The monoisotopic (exact) mass is 845 g/mol. The molecular formula is C39H73N15P3+. The summed E-state index contributed by atoms with van der Waals surface area (Å²) in [7, 11) is -6.69. The Morgan fingerprint density at radius 2 is 0.614 bits per heavy atom. The largest absolute Gasteiger partial charge is 0.337 e. The molecule has 9 aliphatic rings. The smallest absolute Gasteiger partial charge is 0.262 e. The van der Waals surface area contributed by atoms with Gasteiger partial charge in [0.1, 0.15) is 13.1 Å². The number of hydrogen-bond acceptors (Lipinski definition) is 5. The number of nitrogens with zero attached hydrogens (tertiary/aromatic N) is 14. The minimum absolute atomic E-state index is 0.634. The van der Waals surface area contributed by atoms with Crippen molar-refractivity contribution in [2.24, 2.45) is 9.49 Å². The standard InChI is InChI=1S/C39H72N15P3/c1-2-20-46(19-1)55(47-21-3-4-22-47,48-23-5-6-24-48)43-37-40-38(44-56(49-25-7-8-26-49,50-27-9-10-28-50)51-29-11-12-30-51)42-39(41-37)45-57(52-31-13-14-32-52,53-33-15-16-34-53)54-35-17-18-36-54/h1-36H2/p+1. The van der Waals surface area contributed by atoms with Gasteiger partial charge in [0.2, 0.25) is 5.95 Å². The zero-order chi connectivity index (χ0) is 38.1. The first-order valence-electron chi connectivity index (χ1n) is 23.7. The predicted octanol–water partition coefficient (Wildman–Crippen LogP) is 7.96. The van der Waals surface area contributed by atoms with Crippen LogP contribution in [-0.2, 0) is 0 Å². The molecular weight excluding hydrogens is 771 g/mol. The molecule has 0 saturated carbocycles. The summed E-state index contributed by atoms with van der Waals surface area (Å²) in [5.41, 5.74) is 0. The highest BCUT2D eigenvalue weighted by Crippen LogP contribution is 2.66. The molecule has 0 spiro atoms. The van der Waals surface area contributed by atoms with Gasteiger partial charge in [0.05, 0.1) is 0 Å². The van der Waals surface area contributed by atoms with Crippen molar-refractivity contribution in [3.05, 3.63) is 0 Å². The molecule has 0 unspecified atom stereocenters. The van der Waals surface area contributed by atoms with Crippen LogP contribution in [0.1, 0.15) is 116 Å². The van der Waals surface area contributed by atoms with Gasteiger partial charge in [-0.05, 0) is 103 Å². The maximum Gasteiger partial charge on any atom is 0.337 e. The van der Waals surface area contributed by atoms with Crippen LogP contribution in [0.2, 0.25) is 0 Å². The van der Waals surface area contributed by atoms with E-state index < -0.39 is 22.5 Å². The second kappa shape index (κ2) is 17.9. The summed E-state index contributed by atoms with van der Waals surface area (Å²) in [5.74, 6) is 2.00. The van der Waals surface area contributed by atoms with Crippen LogP contribution < -0.4 is 5.09 Å². The van der Waals surface area contributed by atoms with E-state index in [0.29, 0.717) is 11.9 Å². The molecule has 0 bridgehead atoms. The highest BCUT2D eigenvalue weighted by molar-refractivity contribution is 7.61.